The van der Waals surface area contributed by atoms with Crippen LogP contribution in [0.25, 0.3) is 0 Å². The summed E-state index contributed by atoms with van der Waals surface area (Å²) in [5, 5.41) is 22.3. The lowest BCUT2D eigenvalue weighted by Crippen LogP contribution is -2.28. The molecule has 6 heteroatoms. The molecule has 0 aliphatic heterocycles. The molecule has 1 fully saturated rings. The van der Waals surface area contributed by atoms with Crippen molar-refractivity contribution in [2.24, 2.45) is 5.92 Å². The van der Waals surface area contributed by atoms with Crippen LogP contribution in [0.1, 0.15) is 73.1 Å². The number of amides is 2. The van der Waals surface area contributed by atoms with Gasteiger partial charge in [0.05, 0.1) is 6.10 Å². The lowest BCUT2D eigenvalue weighted by atomic mass is 9.98. The summed E-state index contributed by atoms with van der Waals surface area (Å²) >= 11 is 0. The summed E-state index contributed by atoms with van der Waals surface area (Å²) in [6.07, 6.45) is 6.56. The number of carbonyl (C=O) groups excluding carboxylic acids is 2. The molecule has 0 radical (unpaired) electrons. The van der Waals surface area contributed by atoms with Gasteiger partial charge >= 0.3 is 0 Å². The molecule has 0 aromatic rings. The summed E-state index contributed by atoms with van der Waals surface area (Å²) in [6, 6.07) is 0. The molecule has 0 aromatic carbocycles. The Kier molecular flexibility index (Phi) is 25.2. The van der Waals surface area contributed by atoms with E-state index in [9.17, 15) is 9.59 Å². The minimum absolute atomic E-state index is 0.00463. The molecule has 1 aliphatic rings. The van der Waals surface area contributed by atoms with E-state index in [1.807, 2.05) is 27.7 Å². The van der Waals surface area contributed by atoms with Crippen molar-refractivity contribution in [1.29, 1.82) is 0 Å². The molecule has 146 valence electrons. The fourth-order valence-corrected chi connectivity index (χ4v) is 1.58. The number of nitrogens with one attached hydrogen (secondary N) is 2. The molecule has 0 unspecified atom stereocenters. The molecule has 24 heavy (non-hydrogen) atoms. The van der Waals surface area contributed by atoms with Gasteiger partial charge in [0.15, 0.2) is 0 Å². The van der Waals surface area contributed by atoms with Crippen molar-refractivity contribution >= 4 is 11.8 Å². The van der Waals surface area contributed by atoms with Crippen molar-refractivity contribution < 1.29 is 19.8 Å². The van der Waals surface area contributed by atoms with Crippen LogP contribution >= 0.6 is 0 Å². The fraction of sp³-hybridized carbons (Fsp3) is 0.889. The lowest BCUT2D eigenvalue weighted by molar-refractivity contribution is -0.124. The van der Waals surface area contributed by atoms with E-state index in [1.54, 1.807) is 7.05 Å². The van der Waals surface area contributed by atoms with Crippen LogP contribution in [0.2, 0.25) is 0 Å². The molecule has 1 rings (SSSR count). The van der Waals surface area contributed by atoms with Gasteiger partial charge in [-0.15, -0.1) is 0 Å². The largest absolute Gasteiger partial charge is 0.396 e. The van der Waals surface area contributed by atoms with Crippen LogP contribution < -0.4 is 10.6 Å². The third-order valence-electron chi connectivity index (χ3n) is 3.09. The van der Waals surface area contributed by atoms with Crippen LogP contribution in [0.4, 0.5) is 0 Å². The van der Waals surface area contributed by atoms with Gasteiger partial charge in [0.2, 0.25) is 11.8 Å². The first-order valence-corrected chi connectivity index (χ1v) is 9.10. The van der Waals surface area contributed by atoms with E-state index >= 15 is 0 Å². The Morgan fingerprint density at radius 1 is 1.12 bits per heavy atom. The average molecular weight is 349 g/mol. The first-order valence-electron chi connectivity index (χ1n) is 9.10. The van der Waals surface area contributed by atoms with Crippen molar-refractivity contribution in [3.05, 3.63) is 0 Å². The predicted octanol–water partition coefficient (Wildman–Crippen LogP) is 2.23. The van der Waals surface area contributed by atoms with E-state index in [0.717, 1.165) is 12.8 Å². The predicted molar refractivity (Wildman–Crippen MR) is 99.7 cm³/mol. The van der Waals surface area contributed by atoms with Gasteiger partial charge in [-0.25, -0.2) is 0 Å². The second-order valence-electron chi connectivity index (χ2n) is 5.62. The summed E-state index contributed by atoms with van der Waals surface area (Å²) in [5.74, 6) is 0.0946. The minimum Gasteiger partial charge on any atom is -0.396 e. The van der Waals surface area contributed by atoms with Gasteiger partial charge in [0.1, 0.15) is 0 Å². The third kappa shape index (κ3) is 25.8. The molecule has 0 saturated heterocycles. The number of hydrogen-bond acceptors (Lipinski definition) is 4. The molecule has 6 nitrogen and oxygen atoms in total. The molecule has 1 aliphatic carbocycles. The fourth-order valence-electron chi connectivity index (χ4n) is 1.58. The molecule has 0 spiro atoms. The number of aliphatic hydroxyl groups excluding tert-OH is 2. The highest BCUT2D eigenvalue weighted by Gasteiger charge is 2.07. The van der Waals surface area contributed by atoms with Gasteiger partial charge < -0.3 is 20.8 Å². The van der Waals surface area contributed by atoms with Gasteiger partial charge in [0, 0.05) is 33.0 Å². The molecule has 0 bridgehead atoms. The van der Waals surface area contributed by atoms with E-state index in [0.29, 0.717) is 13.0 Å². The SMILES string of the molecule is CC.CC(C)C(=O)NCCCO.CNC(C)=O.OC1CCCCC1. The zero-order chi connectivity index (χ0) is 19.4. The van der Waals surface area contributed by atoms with Crippen molar-refractivity contribution in [3.63, 3.8) is 0 Å². The topological polar surface area (TPSA) is 98.7 Å². The van der Waals surface area contributed by atoms with Crippen molar-refractivity contribution in [2.45, 2.75) is 79.2 Å². The standard InChI is InChI=1S/C7H15NO2.C6H12O.C3H7NO.C2H6/c1-6(2)7(10)8-4-3-5-9;7-6-4-2-1-3-5-6;1-3(5)4-2;1-2/h6,9H,3-5H2,1-2H3,(H,8,10);6-7H,1-5H2;1-2H3,(H,4,5);1-2H3. The highest BCUT2D eigenvalue weighted by molar-refractivity contribution is 5.77. The van der Waals surface area contributed by atoms with E-state index in [1.165, 1.54) is 26.2 Å². The normalized spacial score (nSPS) is 13.2. The van der Waals surface area contributed by atoms with Gasteiger partial charge in [-0.05, 0) is 19.3 Å². The van der Waals surface area contributed by atoms with Crippen LogP contribution in [0, 0.1) is 5.92 Å². The Hall–Kier alpha value is -1.14. The molecule has 4 N–H and O–H groups in total. The van der Waals surface area contributed by atoms with Crippen LogP contribution in [-0.2, 0) is 9.59 Å². The second kappa shape index (κ2) is 21.9. The van der Waals surface area contributed by atoms with Crippen LogP contribution in [0.3, 0.4) is 0 Å². The molecular formula is C18H40N2O4. The van der Waals surface area contributed by atoms with Crippen LogP contribution in [-0.4, -0.2) is 48.3 Å². The zero-order valence-corrected chi connectivity index (χ0v) is 16.5. The van der Waals surface area contributed by atoms with Gasteiger partial charge in [-0.3, -0.25) is 9.59 Å². The number of carbonyl (C=O) groups is 2. The lowest BCUT2D eigenvalue weighted by Gasteiger charge is -2.14. The van der Waals surface area contributed by atoms with Gasteiger partial charge in [0.25, 0.3) is 0 Å². The summed E-state index contributed by atoms with van der Waals surface area (Å²) < 4.78 is 0. The number of aliphatic hydroxyl groups is 2. The first kappa shape index (κ1) is 27.7. The summed E-state index contributed by atoms with van der Waals surface area (Å²) in [5.41, 5.74) is 0. The molecule has 1 saturated carbocycles. The van der Waals surface area contributed by atoms with Crippen LogP contribution in [0.15, 0.2) is 0 Å². The maximum Gasteiger partial charge on any atom is 0.222 e. The van der Waals surface area contributed by atoms with Gasteiger partial charge in [-0.1, -0.05) is 47.0 Å². The highest BCUT2D eigenvalue weighted by atomic mass is 16.3. The zero-order valence-electron chi connectivity index (χ0n) is 16.5. The molecular weight excluding hydrogens is 308 g/mol. The third-order valence-corrected chi connectivity index (χ3v) is 3.09. The summed E-state index contributed by atoms with van der Waals surface area (Å²) in [7, 11) is 1.60. The molecule has 2 amide bonds. The molecule has 0 atom stereocenters. The Morgan fingerprint density at radius 2 is 1.58 bits per heavy atom. The quantitative estimate of drug-likeness (QED) is 0.586. The summed E-state index contributed by atoms with van der Waals surface area (Å²) in [4.78, 5) is 20.5. The number of hydrogen-bond donors (Lipinski definition) is 4. The van der Waals surface area contributed by atoms with E-state index in [4.69, 9.17) is 10.2 Å². The smallest absolute Gasteiger partial charge is 0.222 e. The monoisotopic (exact) mass is 348 g/mol. The average Bonchev–Trinajstić information content (AvgIpc) is 2.58. The van der Waals surface area contributed by atoms with Gasteiger partial charge in [-0.2, -0.15) is 0 Å². The molecule has 0 aromatic heterocycles. The molecule has 0 heterocycles. The minimum atomic E-state index is 0.00463. The Bertz CT molecular complexity index is 278. The maximum absolute atomic E-state index is 10.8. The summed E-state index contributed by atoms with van der Waals surface area (Å²) in [6.45, 7) is 9.87. The van der Waals surface area contributed by atoms with Crippen molar-refractivity contribution in [3.8, 4) is 0 Å². The Balaban J connectivity index is -0.000000275. The van der Waals surface area contributed by atoms with Crippen molar-refractivity contribution in [1.82, 2.24) is 10.6 Å². The van der Waals surface area contributed by atoms with E-state index < -0.39 is 0 Å². The van der Waals surface area contributed by atoms with Crippen LogP contribution in [0.5, 0.6) is 0 Å². The van der Waals surface area contributed by atoms with Crippen molar-refractivity contribution in [2.75, 3.05) is 20.2 Å². The second-order valence-corrected chi connectivity index (χ2v) is 5.62. The first-order chi connectivity index (χ1) is 11.3. The Labute approximate surface area is 148 Å². The van der Waals surface area contributed by atoms with E-state index in [-0.39, 0.29) is 30.4 Å². The highest BCUT2D eigenvalue weighted by Crippen LogP contribution is 2.16. The Morgan fingerprint density at radius 3 is 1.83 bits per heavy atom. The van der Waals surface area contributed by atoms with E-state index in [2.05, 4.69) is 10.6 Å². The maximum atomic E-state index is 10.8. The number of rotatable bonds is 4.